The Morgan fingerprint density at radius 3 is 2.32 bits per heavy atom. The van der Waals surface area contributed by atoms with Gasteiger partial charge in [0.1, 0.15) is 0 Å². The Bertz CT molecular complexity index is 505. The average molecular weight is 326 g/mol. The van der Waals surface area contributed by atoms with E-state index >= 15 is 0 Å². The number of hydrogen-bond acceptors (Lipinski definition) is 3. The number of piperidine rings is 1. The van der Waals surface area contributed by atoms with E-state index in [0.29, 0.717) is 12.5 Å². The molecule has 1 aliphatic rings. The molecule has 0 bridgehead atoms. The van der Waals surface area contributed by atoms with E-state index in [1.54, 1.807) is 12.1 Å². The lowest BCUT2D eigenvalue weighted by atomic mass is 9.92. The Labute approximate surface area is 137 Å². The van der Waals surface area contributed by atoms with E-state index in [2.05, 4.69) is 22.9 Å². The van der Waals surface area contributed by atoms with Crippen LogP contribution in [-0.4, -0.2) is 24.4 Å². The molecule has 1 aromatic rings. The zero-order chi connectivity index (χ0) is 15.2. The van der Waals surface area contributed by atoms with Crippen molar-refractivity contribution >= 4 is 35.6 Å². The second kappa shape index (κ2) is 8.76. The van der Waals surface area contributed by atoms with Crippen molar-refractivity contribution in [3.05, 3.63) is 24.3 Å². The van der Waals surface area contributed by atoms with Crippen LogP contribution in [0.2, 0.25) is 0 Å². The number of hydrogen-bond donors (Lipinski definition) is 3. The molecule has 3 N–H and O–H groups in total. The second-order valence-electron chi connectivity index (χ2n) is 5.54. The molecule has 1 heterocycles. The van der Waals surface area contributed by atoms with Gasteiger partial charge in [-0.2, -0.15) is 0 Å². The number of rotatable bonds is 4. The lowest BCUT2D eigenvalue weighted by molar-refractivity contribution is -0.121. The summed E-state index contributed by atoms with van der Waals surface area (Å²) in [4.78, 5) is 23.5. The smallest absolute Gasteiger partial charge is 0.227 e. The fraction of sp³-hybridized carbons (Fsp3) is 0.500. The standard InChI is InChI=1S/C16H23N3O2.ClH/c1-3-15(20)18-13-4-6-14(7-5-13)19-16(21)12-8-9-17-11(2)10-12;/h4-7,11-12,17H,3,8-10H2,1-2H3,(H,18,20)(H,19,21);1H/t11-,12-;/m0./s1. The number of carbonyl (C=O) groups is 2. The lowest BCUT2D eigenvalue weighted by Gasteiger charge is -2.27. The van der Waals surface area contributed by atoms with E-state index in [1.807, 2.05) is 19.1 Å². The van der Waals surface area contributed by atoms with Crippen molar-refractivity contribution in [2.75, 3.05) is 17.2 Å². The summed E-state index contributed by atoms with van der Waals surface area (Å²) >= 11 is 0. The largest absolute Gasteiger partial charge is 0.326 e. The SMILES string of the molecule is CCC(=O)Nc1ccc(NC(=O)[C@H]2CCN[C@@H](C)C2)cc1.Cl. The van der Waals surface area contributed by atoms with Crippen molar-refractivity contribution in [1.29, 1.82) is 0 Å². The van der Waals surface area contributed by atoms with Gasteiger partial charge in [0.15, 0.2) is 0 Å². The number of carbonyl (C=O) groups excluding carboxylic acids is 2. The lowest BCUT2D eigenvalue weighted by Crippen LogP contribution is -2.40. The number of halogens is 1. The van der Waals surface area contributed by atoms with E-state index in [9.17, 15) is 9.59 Å². The molecule has 1 saturated heterocycles. The molecule has 1 aromatic carbocycles. The first-order chi connectivity index (χ1) is 10.1. The summed E-state index contributed by atoms with van der Waals surface area (Å²) in [5.74, 6) is 0.130. The van der Waals surface area contributed by atoms with Gasteiger partial charge < -0.3 is 16.0 Å². The van der Waals surface area contributed by atoms with Crippen LogP contribution in [0, 0.1) is 5.92 Å². The van der Waals surface area contributed by atoms with E-state index in [-0.39, 0.29) is 30.1 Å². The predicted octanol–water partition coefficient (Wildman–Crippen LogP) is 2.78. The normalized spacial score (nSPS) is 20.6. The zero-order valence-electron chi connectivity index (χ0n) is 13.0. The van der Waals surface area contributed by atoms with Gasteiger partial charge in [0.05, 0.1) is 0 Å². The first kappa shape index (κ1) is 18.5. The van der Waals surface area contributed by atoms with Crippen LogP contribution in [0.15, 0.2) is 24.3 Å². The highest BCUT2D eigenvalue weighted by atomic mass is 35.5. The van der Waals surface area contributed by atoms with Gasteiger partial charge in [0, 0.05) is 29.8 Å². The molecule has 1 aliphatic heterocycles. The molecule has 0 saturated carbocycles. The van der Waals surface area contributed by atoms with Crippen molar-refractivity contribution in [1.82, 2.24) is 5.32 Å². The Kier molecular flexibility index (Phi) is 7.35. The van der Waals surface area contributed by atoms with Crippen molar-refractivity contribution < 1.29 is 9.59 Å². The van der Waals surface area contributed by atoms with Gasteiger partial charge >= 0.3 is 0 Å². The van der Waals surface area contributed by atoms with Gasteiger partial charge in [-0.15, -0.1) is 12.4 Å². The van der Waals surface area contributed by atoms with Crippen molar-refractivity contribution in [3.8, 4) is 0 Å². The van der Waals surface area contributed by atoms with Gasteiger partial charge in [-0.05, 0) is 50.6 Å². The topological polar surface area (TPSA) is 70.2 Å². The maximum Gasteiger partial charge on any atom is 0.227 e. The predicted molar refractivity (Wildman–Crippen MR) is 91.4 cm³/mol. The molecule has 6 heteroatoms. The van der Waals surface area contributed by atoms with Crippen LogP contribution in [0.5, 0.6) is 0 Å². The molecule has 1 fully saturated rings. The van der Waals surface area contributed by atoms with E-state index < -0.39 is 0 Å². The first-order valence-corrected chi connectivity index (χ1v) is 7.52. The van der Waals surface area contributed by atoms with E-state index in [1.165, 1.54) is 0 Å². The molecule has 2 rings (SSSR count). The summed E-state index contributed by atoms with van der Waals surface area (Å²) in [7, 11) is 0. The highest BCUT2D eigenvalue weighted by Crippen LogP contribution is 2.19. The van der Waals surface area contributed by atoms with Crippen molar-refractivity contribution in [3.63, 3.8) is 0 Å². The maximum atomic E-state index is 12.2. The first-order valence-electron chi connectivity index (χ1n) is 7.52. The third-order valence-electron chi connectivity index (χ3n) is 3.75. The molecule has 2 amide bonds. The Hall–Kier alpha value is -1.59. The zero-order valence-corrected chi connectivity index (χ0v) is 13.8. The summed E-state index contributed by atoms with van der Waals surface area (Å²) in [5.41, 5.74) is 1.51. The molecular formula is C16H24ClN3O2. The molecule has 5 nitrogen and oxygen atoms in total. The number of nitrogens with one attached hydrogen (secondary N) is 3. The van der Waals surface area contributed by atoms with Crippen molar-refractivity contribution in [2.45, 2.75) is 39.2 Å². The maximum absolute atomic E-state index is 12.2. The van der Waals surface area contributed by atoms with Crippen LogP contribution in [-0.2, 0) is 9.59 Å². The number of anilines is 2. The van der Waals surface area contributed by atoms with E-state index in [4.69, 9.17) is 0 Å². The third-order valence-corrected chi connectivity index (χ3v) is 3.75. The number of amides is 2. The summed E-state index contributed by atoms with van der Waals surface area (Å²) < 4.78 is 0. The monoisotopic (exact) mass is 325 g/mol. The summed E-state index contributed by atoms with van der Waals surface area (Å²) in [6, 6.07) is 7.62. The van der Waals surface area contributed by atoms with Gasteiger partial charge in [0.25, 0.3) is 0 Å². The van der Waals surface area contributed by atoms with Gasteiger partial charge in [-0.25, -0.2) is 0 Å². The minimum Gasteiger partial charge on any atom is -0.326 e. The minimum atomic E-state index is -0.0181. The molecule has 2 atom stereocenters. The highest BCUT2D eigenvalue weighted by molar-refractivity contribution is 5.94. The van der Waals surface area contributed by atoms with Gasteiger partial charge in [-0.1, -0.05) is 6.92 Å². The molecule has 22 heavy (non-hydrogen) atoms. The Morgan fingerprint density at radius 2 is 1.77 bits per heavy atom. The molecule has 0 unspecified atom stereocenters. The average Bonchev–Trinajstić information content (AvgIpc) is 2.49. The molecule has 0 radical (unpaired) electrons. The van der Waals surface area contributed by atoms with Crippen LogP contribution in [0.1, 0.15) is 33.1 Å². The molecule has 0 spiro atoms. The van der Waals surface area contributed by atoms with Crippen LogP contribution in [0.25, 0.3) is 0 Å². The molecule has 0 aromatic heterocycles. The molecule has 0 aliphatic carbocycles. The van der Waals surface area contributed by atoms with Crippen LogP contribution < -0.4 is 16.0 Å². The van der Waals surface area contributed by atoms with Gasteiger partial charge in [-0.3, -0.25) is 9.59 Å². The van der Waals surface area contributed by atoms with E-state index in [0.717, 1.165) is 30.8 Å². The third kappa shape index (κ3) is 5.31. The van der Waals surface area contributed by atoms with Crippen LogP contribution in [0.4, 0.5) is 11.4 Å². The van der Waals surface area contributed by atoms with Gasteiger partial charge in [0.2, 0.25) is 11.8 Å². The fourth-order valence-corrected chi connectivity index (χ4v) is 2.50. The molecule has 122 valence electrons. The Morgan fingerprint density at radius 1 is 1.18 bits per heavy atom. The summed E-state index contributed by atoms with van der Waals surface area (Å²) in [6.45, 7) is 4.80. The fourth-order valence-electron chi connectivity index (χ4n) is 2.50. The van der Waals surface area contributed by atoms with Crippen molar-refractivity contribution in [2.24, 2.45) is 5.92 Å². The Balaban J connectivity index is 0.00000242. The second-order valence-corrected chi connectivity index (χ2v) is 5.54. The highest BCUT2D eigenvalue weighted by Gasteiger charge is 2.24. The minimum absolute atomic E-state index is 0. The summed E-state index contributed by atoms with van der Waals surface area (Å²) in [6.07, 6.45) is 2.20. The molecular weight excluding hydrogens is 302 g/mol. The van der Waals surface area contributed by atoms with Crippen LogP contribution >= 0.6 is 12.4 Å². The van der Waals surface area contributed by atoms with Crippen LogP contribution in [0.3, 0.4) is 0 Å². The number of benzene rings is 1. The quantitative estimate of drug-likeness (QED) is 0.797. The summed E-state index contributed by atoms with van der Waals surface area (Å²) in [5, 5.41) is 9.07.